The number of fused-ring (bicyclic) bond motifs is 5. The molecule has 0 bridgehead atoms. The van der Waals surface area contributed by atoms with Crippen LogP contribution in [0.2, 0.25) is 0 Å². The second-order valence-electron chi connectivity index (χ2n) is 13.4. The molecule has 4 saturated carbocycles. The molecule has 5 fully saturated rings. The summed E-state index contributed by atoms with van der Waals surface area (Å²) in [5.74, 6) is 0.152. The van der Waals surface area contributed by atoms with Crippen LogP contribution in [-0.4, -0.2) is 83.7 Å². The Kier molecular flexibility index (Phi) is 7.04. The van der Waals surface area contributed by atoms with Gasteiger partial charge in [-0.05, 0) is 94.0 Å². The highest BCUT2D eigenvalue weighted by Gasteiger charge is 2.68. The number of rotatable bonds is 5. The highest BCUT2D eigenvalue weighted by atomic mass is 16.7. The molecule has 2 heterocycles. The quantitative estimate of drug-likeness (QED) is 0.269. The number of methoxy groups -OCH3 is 1. The first kappa shape index (κ1) is 27.8. The number of aldehydes is 1. The lowest BCUT2D eigenvalue weighted by Crippen LogP contribution is -2.63. The van der Waals surface area contributed by atoms with Crippen LogP contribution in [0, 0.1) is 34.5 Å². The van der Waals surface area contributed by atoms with Crippen LogP contribution in [0.4, 0.5) is 0 Å². The fourth-order valence-electron chi connectivity index (χ4n) is 10.00. The molecule has 2 aliphatic heterocycles. The molecular weight excluding hydrogens is 504 g/mol. The van der Waals surface area contributed by atoms with E-state index in [1.807, 2.05) is 0 Å². The number of cyclic esters (lactones) is 1. The van der Waals surface area contributed by atoms with Crippen LogP contribution >= 0.6 is 0 Å². The summed E-state index contributed by atoms with van der Waals surface area (Å²) in [7, 11) is 1.46. The molecule has 3 N–H and O–H groups in total. The van der Waals surface area contributed by atoms with E-state index in [0.29, 0.717) is 32.3 Å². The highest BCUT2D eigenvalue weighted by molar-refractivity contribution is 5.85. The average Bonchev–Trinajstić information content (AvgIpc) is 3.47. The van der Waals surface area contributed by atoms with Gasteiger partial charge in [-0.15, -0.1) is 0 Å². The van der Waals surface area contributed by atoms with Gasteiger partial charge in [0.05, 0.1) is 17.8 Å². The molecule has 9 nitrogen and oxygen atoms in total. The summed E-state index contributed by atoms with van der Waals surface area (Å²) < 4.78 is 22.6. The molecule has 13 atom stereocenters. The molecule has 0 radical (unpaired) electrons. The fraction of sp³-hybridized carbons (Fsp3) is 0.867. The van der Waals surface area contributed by atoms with E-state index >= 15 is 0 Å². The van der Waals surface area contributed by atoms with Crippen LogP contribution in [-0.2, 0) is 28.5 Å². The molecule has 39 heavy (non-hydrogen) atoms. The van der Waals surface area contributed by atoms with Gasteiger partial charge in [0.2, 0.25) is 0 Å². The molecule has 6 rings (SSSR count). The number of carbonyl (C=O) groups excluding carboxylic acids is 2. The summed E-state index contributed by atoms with van der Waals surface area (Å²) in [6.07, 6.45) is 5.39. The number of aliphatic hydroxyl groups is 3. The number of hydrogen-bond acceptors (Lipinski definition) is 9. The Labute approximate surface area is 230 Å². The summed E-state index contributed by atoms with van der Waals surface area (Å²) in [6, 6.07) is 0. The van der Waals surface area contributed by atoms with E-state index in [0.717, 1.165) is 37.7 Å². The highest BCUT2D eigenvalue weighted by Crippen LogP contribution is 2.69. The van der Waals surface area contributed by atoms with Crippen molar-refractivity contribution >= 4 is 12.3 Å². The lowest BCUT2D eigenvalue weighted by Gasteiger charge is -2.63. The molecule has 9 heteroatoms. The number of aliphatic hydroxyl groups excluding tert-OH is 2. The monoisotopic (exact) mass is 548 g/mol. The zero-order valence-electron chi connectivity index (χ0n) is 23.3. The number of ether oxygens (including phenoxy) is 4. The smallest absolute Gasteiger partial charge is 0.331 e. The third-order valence-electron chi connectivity index (χ3n) is 12.1. The van der Waals surface area contributed by atoms with E-state index in [1.54, 1.807) is 13.0 Å². The molecule has 0 aromatic carbocycles. The van der Waals surface area contributed by atoms with Crippen molar-refractivity contribution in [2.24, 2.45) is 34.5 Å². The number of carbonyl (C=O) groups is 2. The second-order valence-corrected chi connectivity index (χ2v) is 13.4. The van der Waals surface area contributed by atoms with Crippen molar-refractivity contribution in [1.29, 1.82) is 0 Å². The van der Waals surface area contributed by atoms with Crippen LogP contribution in [0.25, 0.3) is 0 Å². The zero-order valence-corrected chi connectivity index (χ0v) is 23.3. The van der Waals surface area contributed by atoms with Gasteiger partial charge < -0.3 is 39.1 Å². The minimum atomic E-state index is -1.11. The minimum absolute atomic E-state index is 0.0482. The van der Waals surface area contributed by atoms with Crippen molar-refractivity contribution in [3.8, 4) is 0 Å². The maximum absolute atomic E-state index is 13.0. The van der Waals surface area contributed by atoms with Gasteiger partial charge in [-0.25, -0.2) is 4.79 Å². The Morgan fingerprint density at radius 1 is 1.05 bits per heavy atom. The Morgan fingerprint density at radius 3 is 2.54 bits per heavy atom. The van der Waals surface area contributed by atoms with E-state index in [4.69, 9.17) is 18.9 Å². The summed E-state index contributed by atoms with van der Waals surface area (Å²) >= 11 is 0. The second kappa shape index (κ2) is 9.88. The van der Waals surface area contributed by atoms with Crippen molar-refractivity contribution in [3.63, 3.8) is 0 Å². The third kappa shape index (κ3) is 4.02. The lowest BCUT2D eigenvalue weighted by atomic mass is 9.43. The van der Waals surface area contributed by atoms with Gasteiger partial charge in [-0.1, -0.05) is 6.92 Å². The van der Waals surface area contributed by atoms with Gasteiger partial charge in [0.25, 0.3) is 0 Å². The van der Waals surface area contributed by atoms with E-state index in [-0.39, 0.29) is 41.2 Å². The molecule has 0 amide bonds. The number of esters is 1. The fourth-order valence-corrected chi connectivity index (χ4v) is 10.00. The van der Waals surface area contributed by atoms with E-state index < -0.39 is 41.7 Å². The first-order valence-electron chi connectivity index (χ1n) is 14.8. The summed E-state index contributed by atoms with van der Waals surface area (Å²) in [5.41, 5.74) is -0.682. The summed E-state index contributed by atoms with van der Waals surface area (Å²) in [4.78, 5) is 24.8. The maximum atomic E-state index is 13.0. The van der Waals surface area contributed by atoms with Crippen molar-refractivity contribution in [1.82, 2.24) is 0 Å². The van der Waals surface area contributed by atoms with Crippen LogP contribution in [0.15, 0.2) is 11.6 Å². The third-order valence-corrected chi connectivity index (χ3v) is 12.1. The normalized spacial score (nSPS) is 53.3. The Hall–Kier alpha value is -1.36. The SMILES string of the molecule is COC1C(O)[C@H](O[C@H]2CC[C@]3(C=O)C4CC[C@]5(C)[C@@H](C6=CC(=O)OC6)CC[C@]5(O)C4CC[C@@H]3C2)OC(C)[C@@H]1O. The predicted molar refractivity (Wildman–Crippen MR) is 138 cm³/mol. The molecule has 0 spiro atoms. The van der Waals surface area contributed by atoms with Gasteiger partial charge in [0.1, 0.15) is 31.2 Å². The minimum Gasteiger partial charge on any atom is -0.458 e. The molecule has 4 aliphatic carbocycles. The van der Waals surface area contributed by atoms with Crippen molar-refractivity contribution < 1.29 is 43.9 Å². The Balaban J connectivity index is 1.18. The molecule has 1 saturated heterocycles. The molecule has 0 aromatic heterocycles. The van der Waals surface area contributed by atoms with Gasteiger partial charge >= 0.3 is 5.97 Å². The van der Waals surface area contributed by atoms with Crippen LogP contribution in [0.5, 0.6) is 0 Å². The first-order chi connectivity index (χ1) is 18.6. The van der Waals surface area contributed by atoms with Crippen molar-refractivity contribution in [3.05, 3.63) is 11.6 Å². The van der Waals surface area contributed by atoms with Crippen LogP contribution in [0.1, 0.15) is 71.6 Å². The van der Waals surface area contributed by atoms with Crippen molar-refractivity contribution in [2.45, 2.75) is 114 Å². The van der Waals surface area contributed by atoms with Crippen molar-refractivity contribution in [2.75, 3.05) is 13.7 Å². The topological polar surface area (TPSA) is 132 Å². The van der Waals surface area contributed by atoms with Gasteiger partial charge in [-0.3, -0.25) is 0 Å². The maximum Gasteiger partial charge on any atom is 0.331 e. The lowest BCUT2D eigenvalue weighted by molar-refractivity contribution is -0.312. The average molecular weight is 549 g/mol. The molecule has 0 aromatic rings. The molecule has 5 unspecified atom stereocenters. The predicted octanol–water partition coefficient (Wildman–Crippen LogP) is 2.29. The Morgan fingerprint density at radius 2 is 1.85 bits per heavy atom. The summed E-state index contributed by atoms with van der Waals surface area (Å²) in [6.45, 7) is 4.25. The first-order valence-corrected chi connectivity index (χ1v) is 14.8. The molecular formula is C30H44O9. The molecule has 218 valence electrons. The van der Waals surface area contributed by atoms with E-state index in [1.165, 1.54) is 13.4 Å². The van der Waals surface area contributed by atoms with Gasteiger partial charge in [0, 0.05) is 24.0 Å². The largest absolute Gasteiger partial charge is 0.458 e. The number of hydrogen-bond donors (Lipinski definition) is 3. The molecule has 6 aliphatic rings. The standard InChI is InChI=1S/C30H44O9/c1-16-24(33)26(36-3)25(34)27(38-16)39-19-6-10-29(15-31)18(13-19)4-5-22-21(29)7-9-28(2)20(8-11-30(22,28)35)17-12-23(32)37-14-17/h12,15-16,18-22,24-27,33-35H,4-11,13-14H2,1-3H3/t16?,18-,19+,20-,21?,22?,24+,25?,26?,27+,28-,29-,30+/m1/s1. The zero-order chi connectivity index (χ0) is 27.7. The van der Waals surface area contributed by atoms with Crippen LogP contribution < -0.4 is 0 Å². The van der Waals surface area contributed by atoms with E-state index in [2.05, 4.69) is 6.92 Å². The van der Waals surface area contributed by atoms with Crippen LogP contribution in [0.3, 0.4) is 0 Å². The Bertz CT molecular complexity index is 1010. The summed E-state index contributed by atoms with van der Waals surface area (Å²) in [5, 5.41) is 33.4. The van der Waals surface area contributed by atoms with Gasteiger partial charge in [0.15, 0.2) is 6.29 Å². The van der Waals surface area contributed by atoms with E-state index in [9.17, 15) is 24.9 Å². The van der Waals surface area contributed by atoms with Gasteiger partial charge in [-0.2, -0.15) is 0 Å².